The minimum absolute atomic E-state index is 0.132. The molecule has 0 bridgehead atoms. The van der Waals surface area contributed by atoms with Crippen LogP contribution in [0.2, 0.25) is 5.02 Å². The fourth-order valence-electron chi connectivity index (χ4n) is 2.48. The van der Waals surface area contributed by atoms with Crippen molar-refractivity contribution in [3.8, 4) is 11.5 Å². The normalized spacial score (nSPS) is 14.0. The molecule has 25 heavy (non-hydrogen) atoms. The molecular formula is C18H17ClFNO3S. The maximum Gasteiger partial charge on any atom is 0.230 e. The number of fused-ring (bicyclic) bond motifs is 1. The molecule has 1 N–H and O–H groups in total. The first kappa shape index (κ1) is 17.9. The standard InChI is InChI=1S/C18H17ClFNO3S/c1-11(14-4-2-12(20)8-15(14)19)21-18(22)10-25-13-3-5-16-17(9-13)24-7-6-23-16/h2-5,8-9,11H,6-7,10H2,1H3,(H,21,22). The summed E-state index contributed by atoms with van der Waals surface area (Å²) >= 11 is 7.43. The van der Waals surface area contributed by atoms with Gasteiger partial charge in [0, 0.05) is 9.92 Å². The molecule has 0 spiro atoms. The lowest BCUT2D eigenvalue weighted by Crippen LogP contribution is -2.28. The number of halogens is 2. The minimum Gasteiger partial charge on any atom is -0.486 e. The van der Waals surface area contributed by atoms with Crippen LogP contribution >= 0.6 is 23.4 Å². The summed E-state index contributed by atoms with van der Waals surface area (Å²) in [7, 11) is 0. The Balaban J connectivity index is 1.55. The molecule has 1 aliphatic rings. The lowest BCUT2D eigenvalue weighted by molar-refractivity contribution is -0.119. The first-order chi connectivity index (χ1) is 12.0. The van der Waals surface area contributed by atoms with E-state index >= 15 is 0 Å². The molecule has 1 atom stereocenters. The Labute approximate surface area is 154 Å². The van der Waals surface area contributed by atoms with Gasteiger partial charge in [0.05, 0.1) is 11.8 Å². The maximum absolute atomic E-state index is 13.1. The van der Waals surface area contributed by atoms with Crippen LogP contribution in [0.1, 0.15) is 18.5 Å². The monoisotopic (exact) mass is 381 g/mol. The van der Waals surface area contributed by atoms with E-state index in [0.717, 1.165) is 10.6 Å². The van der Waals surface area contributed by atoms with E-state index in [1.165, 1.54) is 23.9 Å². The Hall–Kier alpha value is -1.92. The smallest absolute Gasteiger partial charge is 0.230 e. The molecule has 1 heterocycles. The molecule has 0 saturated heterocycles. The molecule has 0 aliphatic carbocycles. The van der Waals surface area contributed by atoms with Crippen molar-refractivity contribution in [2.45, 2.75) is 17.9 Å². The van der Waals surface area contributed by atoms with Crippen LogP contribution in [-0.4, -0.2) is 24.9 Å². The Morgan fingerprint density at radius 2 is 2.00 bits per heavy atom. The Morgan fingerprint density at radius 1 is 1.24 bits per heavy atom. The molecule has 1 amide bonds. The summed E-state index contributed by atoms with van der Waals surface area (Å²) in [5, 5.41) is 3.16. The predicted octanol–water partition coefficient (Wildman–Crippen LogP) is 4.22. The average Bonchev–Trinajstić information content (AvgIpc) is 2.59. The molecule has 0 saturated carbocycles. The van der Waals surface area contributed by atoms with Crippen LogP contribution in [0, 0.1) is 5.82 Å². The van der Waals surface area contributed by atoms with E-state index in [1.807, 2.05) is 25.1 Å². The zero-order valence-corrected chi connectivity index (χ0v) is 15.1. The van der Waals surface area contributed by atoms with Gasteiger partial charge in [0.1, 0.15) is 19.0 Å². The number of hydrogen-bond donors (Lipinski definition) is 1. The van der Waals surface area contributed by atoms with Gasteiger partial charge in [-0.1, -0.05) is 17.7 Å². The van der Waals surface area contributed by atoms with E-state index in [4.69, 9.17) is 21.1 Å². The molecule has 0 aromatic heterocycles. The number of carbonyl (C=O) groups is 1. The van der Waals surface area contributed by atoms with Crippen molar-refractivity contribution in [2.24, 2.45) is 0 Å². The second-order valence-electron chi connectivity index (χ2n) is 5.55. The lowest BCUT2D eigenvalue weighted by Gasteiger charge is -2.19. The zero-order chi connectivity index (χ0) is 17.8. The SMILES string of the molecule is CC(NC(=O)CSc1ccc2c(c1)OCCO2)c1ccc(F)cc1Cl. The number of carbonyl (C=O) groups excluding carboxylic acids is 1. The molecule has 2 aromatic carbocycles. The van der Waals surface area contributed by atoms with E-state index in [1.54, 1.807) is 6.07 Å². The number of thioether (sulfide) groups is 1. The molecule has 1 aliphatic heterocycles. The van der Waals surface area contributed by atoms with E-state index in [0.29, 0.717) is 29.5 Å². The minimum atomic E-state index is -0.401. The summed E-state index contributed by atoms with van der Waals surface area (Å²) in [6.45, 7) is 2.88. The maximum atomic E-state index is 13.1. The molecule has 132 valence electrons. The summed E-state index contributed by atoms with van der Waals surface area (Å²) in [6, 6.07) is 9.45. The van der Waals surface area contributed by atoms with Crippen molar-refractivity contribution < 1.29 is 18.7 Å². The molecular weight excluding hydrogens is 365 g/mol. The molecule has 7 heteroatoms. The van der Waals surface area contributed by atoms with Crippen molar-refractivity contribution in [3.63, 3.8) is 0 Å². The highest BCUT2D eigenvalue weighted by Gasteiger charge is 2.15. The summed E-state index contributed by atoms with van der Waals surface area (Å²) in [4.78, 5) is 13.1. The first-order valence-electron chi connectivity index (χ1n) is 7.79. The predicted molar refractivity (Wildman–Crippen MR) is 96.1 cm³/mol. The van der Waals surface area contributed by atoms with E-state index in [9.17, 15) is 9.18 Å². The Kier molecular flexibility index (Phi) is 5.71. The topological polar surface area (TPSA) is 47.6 Å². The molecule has 1 unspecified atom stereocenters. The number of nitrogens with one attached hydrogen (secondary N) is 1. The number of rotatable bonds is 5. The van der Waals surface area contributed by atoms with Gasteiger partial charge >= 0.3 is 0 Å². The fourth-order valence-corrected chi connectivity index (χ4v) is 3.54. The summed E-state index contributed by atoms with van der Waals surface area (Å²) < 4.78 is 24.1. The third kappa shape index (κ3) is 4.58. The van der Waals surface area contributed by atoms with Gasteiger partial charge in [-0.3, -0.25) is 4.79 Å². The number of hydrogen-bond acceptors (Lipinski definition) is 4. The third-order valence-electron chi connectivity index (χ3n) is 3.69. The highest BCUT2D eigenvalue weighted by molar-refractivity contribution is 8.00. The number of ether oxygens (including phenoxy) is 2. The Bertz CT molecular complexity index is 787. The van der Waals surface area contributed by atoms with Crippen molar-refractivity contribution in [3.05, 3.63) is 52.8 Å². The van der Waals surface area contributed by atoms with Crippen LogP contribution in [0.25, 0.3) is 0 Å². The van der Waals surface area contributed by atoms with Crippen molar-refractivity contribution in [1.29, 1.82) is 0 Å². The first-order valence-corrected chi connectivity index (χ1v) is 9.16. The fraction of sp³-hybridized carbons (Fsp3) is 0.278. The van der Waals surface area contributed by atoms with Crippen LogP contribution in [0.3, 0.4) is 0 Å². The molecule has 0 fully saturated rings. The van der Waals surface area contributed by atoms with Gasteiger partial charge in [0.25, 0.3) is 0 Å². The summed E-state index contributed by atoms with van der Waals surface area (Å²) in [5.74, 6) is 1.14. The highest BCUT2D eigenvalue weighted by Crippen LogP contribution is 2.34. The van der Waals surface area contributed by atoms with Gasteiger partial charge < -0.3 is 14.8 Å². The third-order valence-corrected chi connectivity index (χ3v) is 5.01. The van der Waals surface area contributed by atoms with E-state index in [-0.39, 0.29) is 17.7 Å². The van der Waals surface area contributed by atoms with Crippen LogP contribution in [0.5, 0.6) is 11.5 Å². The lowest BCUT2D eigenvalue weighted by atomic mass is 10.1. The summed E-state index contributed by atoms with van der Waals surface area (Å²) in [5.41, 5.74) is 0.681. The molecule has 0 radical (unpaired) electrons. The number of amides is 1. The van der Waals surface area contributed by atoms with Crippen LogP contribution in [0.4, 0.5) is 4.39 Å². The van der Waals surface area contributed by atoms with E-state index in [2.05, 4.69) is 5.32 Å². The number of benzene rings is 2. The van der Waals surface area contributed by atoms with Gasteiger partial charge in [0.2, 0.25) is 5.91 Å². The quantitative estimate of drug-likeness (QED) is 0.788. The largest absolute Gasteiger partial charge is 0.486 e. The van der Waals surface area contributed by atoms with Crippen molar-refractivity contribution >= 4 is 29.3 Å². The van der Waals surface area contributed by atoms with Crippen LogP contribution in [0.15, 0.2) is 41.3 Å². The zero-order valence-electron chi connectivity index (χ0n) is 13.6. The molecule has 2 aromatic rings. The second-order valence-corrected chi connectivity index (χ2v) is 7.01. The average molecular weight is 382 g/mol. The second kappa shape index (κ2) is 7.97. The van der Waals surface area contributed by atoms with E-state index < -0.39 is 5.82 Å². The van der Waals surface area contributed by atoms with Crippen LogP contribution in [-0.2, 0) is 4.79 Å². The van der Waals surface area contributed by atoms with Gasteiger partial charge in [-0.2, -0.15) is 0 Å². The van der Waals surface area contributed by atoms with Gasteiger partial charge in [-0.15, -0.1) is 11.8 Å². The van der Waals surface area contributed by atoms with Crippen LogP contribution < -0.4 is 14.8 Å². The van der Waals surface area contributed by atoms with Gasteiger partial charge in [0.15, 0.2) is 11.5 Å². The molecule has 4 nitrogen and oxygen atoms in total. The molecule has 3 rings (SSSR count). The van der Waals surface area contributed by atoms with Crippen molar-refractivity contribution in [2.75, 3.05) is 19.0 Å². The van der Waals surface area contributed by atoms with Gasteiger partial charge in [-0.25, -0.2) is 4.39 Å². The van der Waals surface area contributed by atoms with Gasteiger partial charge in [-0.05, 0) is 42.8 Å². The van der Waals surface area contributed by atoms with Crippen molar-refractivity contribution in [1.82, 2.24) is 5.32 Å². The highest BCUT2D eigenvalue weighted by atomic mass is 35.5. The Morgan fingerprint density at radius 3 is 2.76 bits per heavy atom. The summed E-state index contributed by atoms with van der Waals surface area (Å²) in [6.07, 6.45) is 0.